The molecule has 0 bridgehead atoms. The number of nitrogens with zero attached hydrogens (tertiary/aromatic N) is 2. The van der Waals surface area contributed by atoms with Gasteiger partial charge in [-0.2, -0.15) is 0 Å². The highest BCUT2D eigenvalue weighted by Crippen LogP contribution is 2.45. The van der Waals surface area contributed by atoms with E-state index in [1.807, 2.05) is 0 Å². The Morgan fingerprint density at radius 3 is 1.64 bits per heavy atom. The third-order valence-electron chi connectivity index (χ3n) is 14.7. The van der Waals surface area contributed by atoms with Gasteiger partial charge in [-0.25, -0.2) is 0 Å². The molecule has 0 saturated carbocycles. The van der Waals surface area contributed by atoms with Gasteiger partial charge in [0.15, 0.2) is 0 Å². The summed E-state index contributed by atoms with van der Waals surface area (Å²) < 4.78 is 6.85. The van der Waals surface area contributed by atoms with Crippen LogP contribution in [-0.2, 0) is 0 Å². The molecule has 1 aliphatic rings. The number of hydrogen-bond acceptors (Lipinski definition) is 3. The normalized spacial score (nSPS) is 12.4. The molecule has 0 fully saturated rings. The Balaban J connectivity index is 0.908. The van der Waals surface area contributed by atoms with Gasteiger partial charge in [0.25, 0.3) is 0 Å². The SMILES string of the molecule is CC(C)c1ccc(-c2ccccc2N(c2ccc(-c3ccccc3)cc2)c2ccc3cc4c(cc3c2)oc2cc3cc(N(c5ccc(-c6ccccc6)cc5)c5ccccc5C5=CC=CCC5)c#cc3cc24)cc1. The smallest absolute Gasteiger partial charge is 0.136 e. The number of anilines is 6. The van der Waals surface area contributed by atoms with Crippen LogP contribution in [0.4, 0.5) is 34.1 Å². The lowest BCUT2D eigenvalue weighted by Gasteiger charge is -2.28. The number of hydrogen-bond donors (Lipinski definition) is 0. The van der Waals surface area contributed by atoms with Crippen molar-refractivity contribution >= 4 is 83.2 Å². The summed E-state index contributed by atoms with van der Waals surface area (Å²) in [6, 6.07) is 90.6. The molecule has 3 heteroatoms. The molecule has 3 nitrogen and oxygen atoms in total. The fourth-order valence-corrected chi connectivity index (χ4v) is 10.8. The minimum atomic E-state index is 0.459. The quantitative estimate of drug-likeness (QED) is 0.129. The Kier molecular flexibility index (Phi) is 11.4. The molecule has 0 N–H and O–H groups in total. The van der Waals surface area contributed by atoms with Crippen molar-refractivity contribution < 1.29 is 4.42 Å². The summed E-state index contributed by atoms with van der Waals surface area (Å²) in [5.41, 5.74) is 18.9. The van der Waals surface area contributed by atoms with Crippen molar-refractivity contribution in [3.05, 3.63) is 272 Å². The van der Waals surface area contributed by atoms with Gasteiger partial charge in [0.05, 0.1) is 17.1 Å². The topological polar surface area (TPSA) is 19.6 Å². The van der Waals surface area contributed by atoms with E-state index in [1.54, 1.807) is 0 Å². The van der Waals surface area contributed by atoms with Crippen LogP contribution in [0.15, 0.2) is 253 Å². The molecule has 0 atom stereocenters. The number of allylic oxidation sites excluding steroid dienone is 4. The molecule has 1 aromatic heterocycles. The predicted molar refractivity (Wildman–Crippen MR) is 313 cm³/mol. The molecule has 1 heterocycles. The first kappa shape index (κ1) is 44.6. The summed E-state index contributed by atoms with van der Waals surface area (Å²) in [7, 11) is 0. The highest BCUT2D eigenvalue weighted by molar-refractivity contribution is 6.14. The van der Waals surface area contributed by atoms with E-state index in [4.69, 9.17) is 4.42 Å². The summed E-state index contributed by atoms with van der Waals surface area (Å²) in [5, 5.41) is 6.39. The highest BCUT2D eigenvalue weighted by atomic mass is 16.3. The predicted octanol–water partition coefficient (Wildman–Crippen LogP) is 20.3. The average Bonchev–Trinajstić information content (AvgIpc) is 3.82. The van der Waals surface area contributed by atoms with Crippen molar-refractivity contribution in [1.82, 2.24) is 0 Å². The van der Waals surface area contributed by atoms with Crippen LogP contribution < -0.4 is 9.80 Å². The highest BCUT2D eigenvalue weighted by Gasteiger charge is 2.22. The first-order valence-corrected chi connectivity index (χ1v) is 25.7. The number of para-hydroxylation sites is 2. The number of benzene rings is 10. The van der Waals surface area contributed by atoms with Crippen molar-refractivity contribution in [2.75, 3.05) is 9.80 Å². The Labute approximate surface area is 433 Å². The number of rotatable bonds is 11. The van der Waals surface area contributed by atoms with Crippen LogP contribution in [0.1, 0.15) is 43.7 Å². The minimum Gasteiger partial charge on any atom is -0.456 e. The maximum atomic E-state index is 6.85. The molecule has 12 aromatic rings. The van der Waals surface area contributed by atoms with Crippen LogP contribution in [0, 0.1) is 12.1 Å². The maximum Gasteiger partial charge on any atom is 0.136 e. The van der Waals surface area contributed by atoms with Gasteiger partial charge in [-0.3, -0.25) is 0 Å². The molecule has 0 radical (unpaired) electrons. The lowest BCUT2D eigenvalue weighted by Crippen LogP contribution is -2.12. The molecule has 0 aliphatic heterocycles. The zero-order valence-corrected chi connectivity index (χ0v) is 41.5. The lowest BCUT2D eigenvalue weighted by molar-refractivity contribution is 0.670. The summed E-state index contributed by atoms with van der Waals surface area (Å²) in [4.78, 5) is 4.72. The van der Waals surface area contributed by atoms with Gasteiger partial charge in [-0.05, 0) is 159 Å². The second kappa shape index (κ2) is 19.0. The zero-order valence-electron chi connectivity index (χ0n) is 41.5. The minimum absolute atomic E-state index is 0.459. The molecule has 0 saturated heterocycles. The first-order valence-electron chi connectivity index (χ1n) is 25.7. The largest absolute Gasteiger partial charge is 0.456 e. The van der Waals surface area contributed by atoms with E-state index in [2.05, 4.69) is 285 Å². The van der Waals surface area contributed by atoms with Crippen LogP contribution in [0.25, 0.3) is 82.4 Å². The lowest BCUT2D eigenvalue weighted by atomic mass is 9.95. The molecule has 74 heavy (non-hydrogen) atoms. The van der Waals surface area contributed by atoms with Crippen LogP contribution >= 0.6 is 0 Å². The van der Waals surface area contributed by atoms with Gasteiger partial charge in [-0.15, -0.1) is 0 Å². The summed E-state index contributed by atoms with van der Waals surface area (Å²) >= 11 is 0. The molecular weight excluding hydrogens is 897 g/mol. The molecule has 11 aromatic carbocycles. The molecular formula is C71H52N2O. The van der Waals surface area contributed by atoms with Gasteiger partial charge in [0, 0.05) is 44.3 Å². The van der Waals surface area contributed by atoms with Gasteiger partial charge in [0.2, 0.25) is 0 Å². The van der Waals surface area contributed by atoms with Crippen LogP contribution in [-0.4, -0.2) is 0 Å². The van der Waals surface area contributed by atoms with Gasteiger partial charge < -0.3 is 14.2 Å². The van der Waals surface area contributed by atoms with Gasteiger partial charge in [0.1, 0.15) is 11.2 Å². The fraction of sp³-hybridized carbons (Fsp3) is 0.0704. The Hall–Kier alpha value is -9.36. The first-order chi connectivity index (χ1) is 36.5. The van der Waals surface area contributed by atoms with Crippen molar-refractivity contribution in [2.45, 2.75) is 32.6 Å². The van der Waals surface area contributed by atoms with Crippen molar-refractivity contribution in [1.29, 1.82) is 0 Å². The van der Waals surface area contributed by atoms with E-state index in [-0.39, 0.29) is 0 Å². The molecule has 0 spiro atoms. The van der Waals surface area contributed by atoms with E-state index in [0.717, 1.165) is 90.4 Å². The van der Waals surface area contributed by atoms with E-state index in [9.17, 15) is 0 Å². The molecule has 1 aliphatic carbocycles. The Morgan fingerprint density at radius 2 is 0.986 bits per heavy atom. The summed E-state index contributed by atoms with van der Waals surface area (Å²) in [5.74, 6) is 0.459. The van der Waals surface area contributed by atoms with E-state index in [0.29, 0.717) is 5.92 Å². The van der Waals surface area contributed by atoms with E-state index < -0.39 is 0 Å². The second-order valence-electron chi connectivity index (χ2n) is 19.7. The van der Waals surface area contributed by atoms with Crippen LogP contribution in [0.2, 0.25) is 0 Å². The fourth-order valence-electron chi connectivity index (χ4n) is 10.8. The van der Waals surface area contributed by atoms with Crippen molar-refractivity contribution in [3.8, 4) is 33.4 Å². The number of fused-ring (bicyclic) bond motifs is 5. The standard InChI is InChI=1S/C71H52N2O/c1-48(2)49-26-28-55(29-27-49)65-23-13-15-25-69(65)73(61-38-32-53(33-39-61)51-18-8-4-9-19-51)63-41-35-57-45-67-66-44-56-34-40-62(42-58(56)46-70(66)74-71(67)47-59(57)43-63)72(60-36-30-52(31-37-60)50-16-6-3-7-17-50)68-24-14-12-22-64(68)54-20-10-5-11-21-54/h3-10,12-20,22-33,35-39,41-48H,11,21H2,1-2H3. The Morgan fingerprint density at radius 1 is 0.432 bits per heavy atom. The summed E-state index contributed by atoms with van der Waals surface area (Å²) in [6.45, 7) is 4.49. The second-order valence-corrected chi connectivity index (χ2v) is 19.7. The molecule has 0 amide bonds. The van der Waals surface area contributed by atoms with Crippen LogP contribution in [0.3, 0.4) is 0 Å². The third-order valence-corrected chi connectivity index (χ3v) is 14.7. The van der Waals surface area contributed by atoms with Gasteiger partial charge >= 0.3 is 0 Å². The summed E-state index contributed by atoms with van der Waals surface area (Å²) in [6.07, 6.45) is 8.69. The molecule has 0 unspecified atom stereocenters. The van der Waals surface area contributed by atoms with Crippen molar-refractivity contribution in [2.24, 2.45) is 0 Å². The van der Waals surface area contributed by atoms with Crippen molar-refractivity contribution in [3.63, 3.8) is 0 Å². The van der Waals surface area contributed by atoms with E-state index in [1.165, 1.54) is 50.1 Å². The Bertz CT molecular complexity index is 4070. The third kappa shape index (κ3) is 8.37. The zero-order chi connectivity index (χ0) is 49.5. The monoisotopic (exact) mass is 948 g/mol. The molecule has 13 rings (SSSR count). The average molecular weight is 949 g/mol. The van der Waals surface area contributed by atoms with Gasteiger partial charge in [-0.1, -0.05) is 190 Å². The van der Waals surface area contributed by atoms with E-state index >= 15 is 0 Å². The number of furan rings is 1. The maximum absolute atomic E-state index is 6.85. The van der Waals surface area contributed by atoms with Crippen LogP contribution in [0.5, 0.6) is 0 Å². The molecule has 352 valence electrons.